The van der Waals surface area contributed by atoms with Gasteiger partial charge in [0.2, 0.25) is 0 Å². The zero-order valence-electron chi connectivity index (χ0n) is 20.4. The molecule has 0 spiro atoms. The molecular formula is C27H48O2Sn. The van der Waals surface area contributed by atoms with E-state index < -0.39 is 18.4 Å². The molecule has 1 atom stereocenters. The van der Waals surface area contributed by atoms with Crippen molar-refractivity contribution in [2.24, 2.45) is 0 Å². The third kappa shape index (κ3) is 10.2. The van der Waals surface area contributed by atoms with Crippen molar-refractivity contribution in [3.05, 3.63) is 35.9 Å². The first-order valence-corrected chi connectivity index (χ1v) is 20.6. The minimum absolute atomic E-state index is 0.0836. The molecule has 3 heteroatoms. The molecule has 0 radical (unpaired) electrons. The molecule has 1 aromatic rings. The Balaban J connectivity index is 3.07. The second kappa shape index (κ2) is 17.1. The van der Waals surface area contributed by atoms with Gasteiger partial charge in [-0.05, 0) is 0 Å². The van der Waals surface area contributed by atoms with Gasteiger partial charge in [-0.2, -0.15) is 0 Å². The SMILES string of the molecule is CCCCCCC[C@@H](OC(=O)c1ccccc1)[Sn]([CH2]CCC)([CH2]CCC)[CH2]CCC. The maximum atomic E-state index is 13.1. The van der Waals surface area contributed by atoms with Crippen LogP contribution in [0.15, 0.2) is 30.3 Å². The van der Waals surface area contributed by atoms with Gasteiger partial charge in [0.15, 0.2) is 0 Å². The van der Waals surface area contributed by atoms with Crippen LogP contribution in [0.2, 0.25) is 13.3 Å². The van der Waals surface area contributed by atoms with E-state index in [0.717, 1.165) is 12.0 Å². The third-order valence-electron chi connectivity index (χ3n) is 6.60. The first-order chi connectivity index (χ1) is 14.6. The zero-order chi connectivity index (χ0) is 22.1. The summed E-state index contributed by atoms with van der Waals surface area (Å²) >= 11 is -2.63. The number of carbonyl (C=O) groups excluding carboxylic acids is 1. The van der Waals surface area contributed by atoms with Crippen molar-refractivity contribution in [3.8, 4) is 0 Å². The molecule has 172 valence electrons. The average Bonchev–Trinajstić information content (AvgIpc) is 2.78. The van der Waals surface area contributed by atoms with Crippen LogP contribution in [0.1, 0.15) is 115 Å². The van der Waals surface area contributed by atoms with Crippen molar-refractivity contribution in [3.63, 3.8) is 0 Å². The van der Waals surface area contributed by atoms with Crippen molar-refractivity contribution < 1.29 is 9.53 Å². The Kier molecular flexibility index (Phi) is 15.7. The number of hydrogen-bond donors (Lipinski definition) is 0. The van der Waals surface area contributed by atoms with Crippen molar-refractivity contribution in [1.29, 1.82) is 0 Å². The minimum atomic E-state index is -2.63. The molecule has 30 heavy (non-hydrogen) atoms. The number of unbranched alkanes of at least 4 members (excludes halogenated alkanes) is 7. The molecule has 0 N–H and O–H groups in total. The van der Waals surface area contributed by atoms with Crippen LogP contribution in [0.5, 0.6) is 0 Å². The molecule has 0 saturated heterocycles. The number of esters is 1. The number of ether oxygens (including phenoxy) is 1. The Hall–Kier alpha value is -0.511. The van der Waals surface area contributed by atoms with Crippen LogP contribution in [-0.2, 0) is 4.74 Å². The summed E-state index contributed by atoms with van der Waals surface area (Å²) in [4.78, 5) is 13.1. The number of hydrogen-bond acceptors (Lipinski definition) is 2. The standard InChI is InChI=1S/C15H21O2.3C4H9.Sn/c1-2-3-4-5-6-10-13-17-15(16)14-11-8-7-9-12-14;3*1-3-4-2;/h7-9,11-13H,2-6,10H2,1H3;3*1,3-4H2,2H3;. The summed E-state index contributed by atoms with van der Waals surface area (Å²) < 4.78 is 10.9. The van der Waals surface area contributed by atoms with Crippen molar-refractivity contribution in [1.82, 2.24) is 0 Å². The number of rotatable bonds is 18. The topological polar surface area (TPSA) is 26.3 Å². The normalized spacial score (nSPS) is 12.7. The van der Waals surface area contributed by atoms with E-state index in [0.29, 0.717) is 0 Å². The fourth-order valence-corrected chi connectivity index (χ4v) is 21.9. The summed E-state index contributed by atoms with van der Waals surface area (Å²) in [6.45, 7) is 9.20. The van der Waals surface area contributed by atoms with E-state index in [1.807, 2.05) is 30.3 Å². The van der Waals surface area contributed by atoms with Crippen LogP contribution < -0.4 is 0 Å². The molecule has 0 heterocycles. The first kappa shape index (κ1) is 27.5. The molecule has 0 fully saturated rings. The van der Waals surface area contributed by atoms with Gasteiger partial charge in [0.05, 0.1) is 0 Å². The van der Waals surface area contributed by atoms with Gasteiger partial charge in [0.1, 0.15) is 0 Å². The predicted octanol–water partition coefficient (Wildman–Crippen LogP) is 8.96. The van der Waals surface area contributed by atoms with Crippen LogP contribution >= 0.6 is 0 Å². The number of carbonyl (C=O) groups is 1. The van der Waals surface area contributed by atoms with E-state index in [9.17, 15) is 4.79 Å². The van der Waals surface area contributed by atoms with Crippen molar-refractivity contribution >= 4 is 24.3 Å². The van der Waals surface area contributed by atoms with Gasteiger partial charge in [-0.1, -0.05) is 0 Å². The molecule has 0 unspecified atom stereocenters. The summed E-state index contributed by atoms with van der Waals surface area (Å²) in [5.41, 5.74) is 0.718. The molecule has 2 nitrogen and oxygen atoms in total. The summed E-state index contributed by atoms with van der Waals surface area (Å²) in [7, 11) is 0. The molecular weight excluding hydrogens is 475 g/mol. The van der Waals surface area contributed by atoms with Gasteiger partial charge in [0.25, 0.3) is 0 Å². The van der Waals surface area contributed by atoms with E-state index >= 15 is 0 Å². The van der Waals surface area contributed by atoms with E-state index in [4.69, 9.17) is 4.74 Å². The van der Waals surface area contributed by atoms with Gasteiger partial charge in [-0.15, -0.1) is 0 Å². The van der Waals surface area contributed by atoms with Crippen LogP contribution in [-0.4, -0.2) is 28.5 Å². The zero-order valence-corrected chi connectivity index (χ0v) is 23.2. The molecule has 0 bridgehead atoms. The molecule has 1 aromatic carbocycles. The molecule has 0 saturated carbocycles. The predicted molar refractivity (Wildman–Crippen MR) is 134 cm³/mol. The maximum absolute atomic E-state index is 13.1. The van der Waals surface area contributed by atoms with Crippen LogP contribution in [0, 0.1) is 0 Å². The first-order valence-electron chi connectivity index (χ1n) is 12.9. The van der Waals surface area contributed by atoms with E-state index in [1.54, 1.807) is 0 Å². The fraction of sp³-hybridized carbons (Fsp3) is 0.741. The molecule has 0 aliphatic rings. The quantitative estimate of drug-likeness (QED) is 0.109. The van der Waals surface area contributed by atoms with Gasteiger partial charge in [-0.25, -0.2) is 0 Å². The summed E-state index contributed by atoms with van der Waals surface area (Å²) in [6, 6.07) is 9.66. The number of benzene rings is 1. The van der Waals surface area contributed by atoms with E-state index in [2.05, 4.69) is 27.7 Å². The van der Waals surface area contributed by atoms with Crippen LogP contribution in [0.25, 0.3) is 0 Å². The van der Waals surface area contributed by atoms with Gasteiger partial charge < -0.3 is 0 Å². The van der Waals surface area contributed by atoms with E-state index in [1.165, 1.54) is 83.9 Å². The molecule has 0 aliphatic carbocycles. The summed E-state index contributed by atoms with van der Waals surface area (Å²) in [6.07, 6.45) is 15.2. The summed E-state index contributed by atoms with van der Waals surface area (Å²) in [5, 5.41) is 0. The monoisotopic (exact) mass is 524 g/mol. The second-order valence-corrected chi connectivity index (χ2v) is 23.0. The molecule has 0 aromatic heterocycles. The molecule has 0 aliphatic heterocycles. The average molecular weight is 523 g/mol. The Morgan fingerprint density at radius 1 is 0.733 bits per heavy atom. The van der Waals surface area contributed by atoms with Gasteiger partial charge in [0, 0.05) is 0 Å². The Morgan fingerprint density at radius 3 is 1.73 bits per heavy atom. The van der Waals surface area contributed by atoms with Gasteiger partial charge in [-0.3, -0.25) is 0 Å². The summed E-state index contributed by atoms with van der Waals surface area (Å²) in [5.74, 6) is -0.0836. The molecule has 1 rings (SSSR count). The van der Waals surface area contributed by atoms with Gasteiger partial charge >= 0.3 is 192 Å². The second-order valence-electron chi connectivity index (χ2n) is 9.14. The Labute approximate surface area is 191 Å². The molecule has 0 amide bonds. The Bertz CT molecular complexity index is 521. The van der Waals surface area contributed by atoms with E-state index in [-0.39, 0.29) is 10.1 Å². The van der Waals surface area contributed by atoms with Crippen molar-refractivity contribution in [2.45, 2.75) is 122 Å². The van der Waals surface area contributed by atoms with Crippen molar-refractivity contribution in [2.75, 3.05) is 0 Å². The third-order valence-corrected chi connectivity index (χ3v) is 23.2. The van der Waals surface area contributed by atoms with Crippen LogP contribution in [0.4, 0.5) is 0 Å². The van der Waals surface area contributed by atoms with Crippen LogP contribution in [0.3, 0.4) is 0 Å². The fourth-order valence-electron chi connectivity index (χ4n) is 4.64. The Morgan fingerprint density at radius 2 is 1.23 bits per heavy atom.